The summed E-state index contributed by atoms with van der Waals surface area (Å²) in [7, 11) is -7.61. The third kappa shape index (κ3) is 8.87. The van der Waals surface area contributed by atoms with Crippen molar-refractivity contribution in [1.29, 1.82) is 0 Å². The van der Waals surface area contributed by atoms with Gasteiger partial charge in [0.1, 0.15) is 0 Å². The minimum Gasteiger partial charge on any atom is -0.412 e. The van der Waals surface area contributed by atoms with Crippen LogP contribution in [-0.4, -0.2) is 83.5 Å². The standard InChI is InChI=1S/C18H28N2O.C6HF13O3S.ClH.H2O/c1-4-5-12-20-13-7-6-11-16(20)18(21)19-17-14(2)9-8-10-15(17)3;7-1(8,3(11,12)5(15,16)17)2(9,10)4(13,14)6(18,19)23(20,21)22;;/h8-10,16H,4-7,11-13H2,1-3H3,(H,19,21);(H,20,21,22);1H;1H2. The van der Waals surface area contributed by atoms with Crippen molar-refractivity contribution < 1.29 is 80.3 Å². The normalized spacial score (nSPS) is 17.2. The highest BCUT2D eigenvalue weighted by Crippen LogP contribution is 2.60. The third-order valence-electron chi connectivity index (χ3n) is 6.67. The Hall–Kier alpha value is -2.10. The lowest BCUT2D eigenvalue weighted by atomic mass is 9.98. The van der Waals surface area contributed by atoms with Crippen LogP contribution in [0.5, 0.6) is 0 Å². The van der Waals surface area contributed by atoms with Gasteiger partial charge in [-0.15, -0.1) is 12.4 Å². The molecule has 0 saturated carbocycles. The molecule has 0 aliphatic carbocycles. The van der Waals surface area contributed by atoms with E-state index in [9.17, 15) is 70.3 Å². The summed E-state index contributed by atoms with van der Waals surface area (Å²) in [5.74, 6) is -32.3. The lowest BCUT2D eigenvalue weighted by Gasteiger charge is -2.38. The van der Waals surface area contributed by atoms with E-state index < -0.39 is 45.2 Å². The number of likely N-dealkylation sites (tertiary alicyclic amines) is 1. The number of unbranched alkanes of at least 4 members (excludes halogenated alkanes) is 1. The minimum absolute atomic E-state index is 0. The average Bonchev–Trinajstić information content (AvgIpc) is 2.88. The fourth-order valence-electron chi connectivity index (χ4n) is 4.05. The summed E-state index contributed by atoms with van der Waals surface area (Å²) in [6.45, 7) is 8.42. The van der Waals surface area contributed by atoms with Crippen molar-refractivity contribution in [2.45, 2.75) is 94.0 Å². The van der Waals surface area contributed by atoms with Gasteiger partial charge in [-0.25, -0.2) is 0 Å². The van der Waals surface area contributed by atoms with E-state index in [1.165, 1.54) is 19.3 Å². The van der Waals surface area contributed by atoms with Gasteiger partial charge in [0.15, 0.2) is 0 Å². The Kier molecular flexibility index (Phi) is 15.9. The molecule has 1 aliphatic rings. The number of nitrogens with zero attached hydrogens (tertiary/aromatic N) is 1. The predicted molar refractivity (Wildman–Crippen MR) is 142 cm³/mol. The monoisotopic (exact) mass is 742 g/mol. The highest BCUT2D eigenvalue weighted by atomic mass is 35.5. The molecule has 4 N–H and O–H groups in total. The van der Waals surface area contributed by atoms with Crippen LogP contribution >= 0.6 is 12.4 Å². The Balaban J connectivity index is 0. The number of piperidine rings is 1. The van der Waals surface area contributed by atoms with E-state index in [0.29, 0.717) is 0 Å². The van der Waals surface area contributed by atoms with Crippen LogP contribution in [0.1, 0.15) is 50.2 Å². The highest BCUT2D eigenvalue weighted by Gasteiger charge is 2.92. The molecule has 0 spiro atoms. The largest absolute Gasteiger partial charge is 0.460 e. The molecule has 1 heterocycles. The maximum Gasteiger partial charge on any atom is 0.460 e. The van der Waals surface area contributed by atoms with Crippen molar-refractivity contribution in [2.24, 2.45) is 0 Å². The number of anilines is 1. The molecule has 1 saturated heterocycles. The van der Waals surface area contributed by atoms with E-state index in [-0.39, 0.29) is 29.8 Å². The van der Waals surface area contributed by atoms with Crippen LogP contribution in [0.15, 0.2) is 18.2 Å². The number of rotatable bonds is 10. The lowest BCUT2D eigenvalue weighted by molar-refractivity contribution is -0.433. The molecule has 1 aromatic carbocycles. The fourth-order valence-corrected chi connectivity index (χ4v) is 4.50. The summed E-state index contributed by atoms with van der Waals surface area (Å²) in [5, 5.41) is -4.35. The first-order valence-corrected chi connectivity index (χ1v) is 14.1. The molecular formula is C24H32ClF13N2O5S. The molecule has 0 aromatic heterocycles. The molecule has 1 unspecified atom stereocenters. The van der Waals surface area contributed by atoms with Gasteiger partial charge in [-0.1, -0.05) is 38.0 Å². The van der Waals surface area contributed by atoms with Crippen molar-refractivity contribution >= 4 is 34.1 Å². The number of halogens is 14. The van der Waals surface area contributed by atoms with Crippen LogP contribution in [0, 0.1) is 13.8 Å². The lowest BCUT2D eigenvalue weighted by Crippen LogP contribution is -2.71. The second-order valence-electron chi connectivity index (χ2n) is 9.94. The summed E-state index contributed by atoms with van der Waals surface area (Å²) in [6, 6.07) is 6.19. The Bertz CT molecular complexity index is 1240. The van der Waals surface area contributed by atoms with Gasteiger partial charge in [0, 0.05) is 5.69 Å². The van der Waals surface area contributed by atoms with Crippen molar-refractivity contribution in [1.82, 2.24) is 4.90 Å². The van der Waals surface area contributed by atoms with Gasteiger partial charge in [-0.2, -0.15) is 65.5 Å². The van der Waals surface area contributed by atoms with Crippen LogP contribution in [0.3, 0.4) is 0 Å². The summed E-state index contributed by atoms with van der Waals surface area (Å²) < 4.78 is 188. The fraction of sp³-hybridized carbons (Fsp3) is 0.708. The molecule has 46 heavy (non-hydrogen) atoms. The Morgan fingerprint density at radius 2 is 1.33 bits per heavy atom. The number of para-hydroxylation sites is 1. The van der Waals surface area contributed by atoms with E-state index in [0.717, 1.165) is 42.7 Å². The number of amides is 1. The number of benzene rings is 1. The van der Waals surface area contributed by atoms with E-state index >= 15 is 0 Å². The number of aryl methyl sites for hydroxylation is 2. The number of hydrogen-bond acceptors (Lipinski definition) is 4. The van der Waals surface area contributed by atoms with Gasteiger partial charge < -0.3 is 10.8 Å². The van der Waals surface area contributed by atoms with Crippen LogP contribution < -0.4 is 5.32 Å². The van der Waals surface area contributed by atoms with Crippen molar-refractivity contribution in [3.63, 3.8) is 0 Å². The Labute approximate surface area is 261 Å². The van der Waals surface area contributed by atoms with Gasteiger partial charge in [-0.3, -0.25) is 14.2 Å². The molecule has 1 atom stereocenters. The van der Waals surface area contributed by atoms with Gasteiger partial charge in [-0.05, 0) is 57.3 Å². The zero-order valence-corrected chi connectivity index (χ0v) is 25.7. The van der Waals surface area contributed by atoms with Crippen LogP contribution in [0.25, 0.3) is 0 Å². The van der Waals surface area contributed by atoms with E-state index in [2.05, 4.69) is 43.1 Å². The Morgan fingerprint density at radius 3 is 1.74 bits per heavy atom. The third-order valence-corrected chi connectivity index (χ3v) is 7.58. The molecule has 272 valence electrons. The molecule has 0 radical (unpaired) electrons. The molecule has 1 fully saturated rings. The van der Waals surface area contributed by atoms with Gasteiger partial charge >= 0.3 is 45.2 Å². The summed E-state index contributed by atoms with van der Waals surface area (Å²) in [4.78, 5) is 15.1. The molecule has 0 bridgehead atoms. The molecule has 1 amide bonds. The van der Waals surface area contributed by atoms with Crippen molar-refractivity contribution in [3.05, 3.63) is 29.3 Å². The zero-order valence-electron chi connectivity index (χ0n) is 24.1. The second kappa shape index (κ2) is 15.9. The molecule has 7 nitrogen and oxygen atoms in total. The first-order chi connectivity index (χ1) is 19.6. The van der Waals surface area contributed by atoms with Crippen molar-refractivity contribution in [3.8, 4) is 0 Å². The SMILES string of the molecule is CCCCN1CCCCC1C(=O)Nc1c(C)cccc1C.Cl.O.O=S(=O)(O)C(F)(F)C(F)(F)C(F)(F)C(F)(F)C(F)(F)C(F)(F)F. The van der Waals surface area contributed by atoms with Gasteiger partial charge in [0.2, 0.25) is 5.91 Å². The first-order valence-electron chi connectivity index (χ1n) is 12.7. The second-order valence-corrected chi connectivity index (χ2v) is 11.4. The molecule has 1 aromatic rings. The summed E-state index contributed by atoms with van der Waals surface area (Å²) >= 11 is 0. The zero-order chi connectivity index (χ0) is 34.7. The predicted octanol–water partition coefficient (Wildman–Crippen LogP) is 7.06. The van der Waals surface area contributed by atoms with Gasteiger partial charge in [0.25, 0.3) is 0 Å². The summed E-state index contributed by atoms with van der Waals surface area (Å²) in [5.41, 5.74) is 3.27. The van der Waals surface area contributed by atoms with Gasteiger partial charge in [0.05, 0.1) is 6.04 Å². The maximum absolute atomic E-state index is 12.7. The average molecular weight is 743 g/mol. The van der Waals surface area contributed by atoms with Crippen molar-refractivity contribution in [2.75, 3.05) is 18.4 Å². The number of hydrogen-bond donors (Lipinski definition) is 2. The number of carbonyl (C=O) groups excluding carboxylic acids is 1. The summed E-state index contributed by atoms with van der Waals surface area (Å²) in [6.07, 6.45) is -1.87. The molecular weight excluding hydrogens is 711 g/mol. The van der Waals surface area contributed by atoms with Crippen LogP contribution in [0.2, 0.25) is 0 Å². The van der Waals surface area contributed by atoms with E-state index in [1.807, 2.05) is 6.07 Å². The van der Waals surface area contributed by atoms with E-state index in [4.69, 9.17) is 4.55 Å². The molecule has 22 heteroatoms. The first kappa shape index (κ1) is 46.0. The maximum atomic E-state index is 12.7. The molecule has 2 rings (SSSR count). The van der Waals surface area contributed by atoms with Crippen LogP contribution in [-0.2, 0) is 14.9 Å². The molecule has 1 aliphatic heterocycles. The smallest absolute Gasteiger partial charge is 0.412 e. The number of nitrogens with one attached hydrogen (secondary N) is 1. The van der Waals surface area contributed by atoms with E-state index in [1.54, 1.807) is 0 Å². The highest BCUT2D eigenvalue weighted by molar-refractivity contribution is 7.87. The van der Waals surface area contributed by atoms with Crippen LogP contribution in [0.4, 0.5) is 62.8 Å². The topological polar surface area (TPSA) is 118 Å². The quantitative estimate of drug-likeness (QED) is 0.197. The minimum atomic E-state index is -8.25. The number of alkyl halides is 13. The Morgan fingerprint density at radius 1 is 0.870 bits per heavy atom. The number of carbonyl (C=O) groups is 1.